The van der Waals surface area contributed by atoms with Crippen LogP contribution in [0.25, 0.3) is 0 Å². The molecule has 0 amide bonds. The number of benzene rings is 1. The average molecular weight is 299 g/mol. The molecule has 1 aromatic rings. The molecular weight excluding hydrogens is 278 g/mol. The van der Waals surface area contributed by atoms with Gasteiger partial charge >= 0.3 is 0 Å². The van der Waals surface area contributed by atoms with Crippen LogP contribution in [0.1, 0.15) is 12.0 Å². The molecule has 0 bridgehead atoms. The maximum atomic E-state index is 9.52. The standard InChI is InChI=1S/C16H21N5O/c1-20(2)10-18-12-4-5-13-16(11(12)8-17)22-15-6-7-21(3)9-14(15)19-13/h4-5,10,14-15,19H,6-7,9H2,1-3H3/b18-10+/t14-,15-/m1/s1. The van der Waals surface area contributed by atoms with Crippen molar-refractivity contribution >= 4 is 17.7 Å². The van der Waals surface area contributed by atoms with Crippen LogP contribution in [0.5, 0.6) is 5.75 Å². The Balaban J connectivity index is 1.95. The van der Waals surface area contributed by atoms with Gasteiger partial charge in [0, 0.05) is 27.2 Å². The van der Waals surface area contributed by atoms with E-state index < -0.39 is 0 Å². The van der Waals surface area contributed by atoms with E-state index in [1.165, 1.54) is 0 Å². The first-order valence-corrected chi connectivity index (χ1v) is 7.48. The van der Waals surface area contributed by atoms with Crippen LogP contribution in [0.3, 0.4) is 0 Å². The Morgan fingerprint density at radius 3 is 3.05 bits per heavy atom. The minimum atomic E-state index is 0.115. The Labute approximate surface area is 131 Å². The lowest BCUT2D eigenvalue weighted by atomic mass is 9.98. The summed E-state index contributed by atoms with van der Waals surface area (Å²) in [5.41, 5.74) is 2.03. The molecule has 2 atom stereocenters. The van der Waals surface area contributed by atoms with E-state index in [1.54, 1.807) is 6.34 Å². The summed E-state index contributed by atoms with van der Waals surface area (Å²) in [4.78, 5) is 8.50. The molecule has 1 N–H and O–H groups in total. The van der Waals surface area contributed by atoms with Gasteiger partial charge in [-0.15, -0.1) is 0 Å². The first kappa shape index (κ1) is 14.7. The monoisotopic (exact) mass is 299 g/mol. The normalized spacial score (nSPS) is 23.9. The molecule has 6 heteroatoms. The molecule has 116 valence electrons. The van der Waals surface area contributed by atoms with Gasteiger partial charge in [-0.3, -0.25) is 0 Å². The summed E-state index contributed by atoms with van der Waals surface area (Å²) in [6.07, 6.45) is 2.77. The molecule has 2 heterocycles. The molecule has 0 aliphatic carbocycles. The minimum Gasteiger partial charge on any atom is -0.485 e. The quantitative estimate of drug-likeness (QED) is 0.664. The van der Waals surface area contributed by atoms with E-state index in [0.717, 1.165) is 25.2 Å². The van der Waals surface area contributed by atoms with Crippen LogP contribution in [0.15, 0.2) is 17.1 Å². The van der Waals surface area contributed by atoms with Crippen molar-refractivity contribution in [1.29, 1.82) is 5.26 Å². The molecule has 0 saturated carbocycles. The Bertz CT molecular complexity index is 634. The molecule has 6 nitrogen and oxygen atoms in total. The minimum absolute atomic E-state index is 0.115. The van der Waals surface area contributed by atoms with Crippen molar-refractivity contribution in [3.8, 4) is 11.8 Å². The SMILES string of the molecule is CN(C)/C=N/c1ccc2c(c1C#N)O[C@@H]1CCN(C)C[C@H]1N2. The summed E-state index contributed by atoms with van der Waals surface area (Å²) in [5.74, 6) is 0.640. The third-order valence-corrected chi connectivity index (χ3v) is 4.04. The van der Waals surface area contributed by atoms with E-state index in [0.29, 0.717) is 17.0 Å². The number of nitrogens with one attached hydrogen (secondary N) is 1. The maximum Gasteiger partial charge on any atom is 0.162 e. The third-order valence-electron chi connectivity index (χ3n) is 4.04. The van der Waals surface area contributed by atoms with Crippen molar-refractivity contribution in [2.45, 2.75) is 18.6 Å². The van der Waals surface area contributed by atoms with E-state index >= 15 is 0 Å². The topological polar surface area (TPSA) is 63.9 Å². The van der Waals surface area contributed by atoms with Crippen LogP contribution in [-0.2, 0) is 0 Å². The second-order valence-corrected chi connectivity index (χ2v) is 6.11. The molecule has 0 unspecified atom stereocenters. The Morgan fingerprint density at radius 2 is 2.32 bits per heavy atom. The Morgan fingerprint density at radius 1 is 1.50 bits per heavy atom. The molecule has 3 rings (SSSR count). The molecule has 1 fully saturated rings. The van der Waals surface area contributed by atoms with Gasteiger partial charge in [-0.2, -0.15) is 5.26 Å². The van der Waals surface area contributed by atoms with Gasteiger partial charge in [-0.25, -0.2) is 4.99 Å². The van der Waals surface area contributed by atoms with Crippen LogP contribution < -0.4 is 10.1 Å². The summed E-state index contributed by atoms with van der Waals surface area (Å²) in [7, 11) is 5.91. The van der Waals surface area contributed by atoms with Gasteiger partial charge in [0.15, 0.2) is 5.75 Å². The van der Waals surface area contributed by atoms with Gasteiger partial charge < -0.3 is 19.9 Å². The number of rotatable bonds is 2. The first-order valence-electron chi connectivity index (χ1n) is 7.48. The van der Waals surface area contributed by atoms with Gasteiger partial charge in [-0.05, 0) is 25.6 Å². The Hall–Kier alpha value is -2.26. The fourth-order valence-corrected chi connectivity index (χ4v) is 2.93. The molecule has 1 saturated heterocycles. The number of piperidine rings is 1. The zero-order valence-corrected chi connectivity index (χ0v) is 13.2. The number of nitriles is 1. The second-order valence-electron chi connectivity index (χ2n) is 6.11. The highest BCUT2D eigenvalue weighted by Gasteiger charge is 2.35. The smallest absolute Gasteiger partial charge is 0.162 e. The van der Waals surface area contributed by atoms with Crippen LogP contribution in [0.4, 0.5) is 11.4 Å². The number of ether oxygens (including phenoxy) is 1. The van der Waals surface area contributed by atoms with Gasteiger partial charge in [0.25, 0.3) is 0 Å². The number of hydrogen-bond acceptors (Lipinski definition) is 5. The van der Waals surface area contributed by atoms with Crippen LogP contribution in [0.2, 0.25) is 0 Å². The van der Waals surface area contributed by atoms with Gasteiger partial charge in [0.2, 0.25) is 0 Å². The predicted octanol–water partition coefficient (Wildman–Crippen LogP) is 1.66. The van der Waals surface area contributed by atoms with Crippen molar-refractivity contribution in [3.63, 3.8) is 0 Å². The summed E-state index contributed by atoms with van der Waals surface area (Å²) in [6.45, 7) is 1.96. The van der Waals surface area contributed by atoms with Crippen molar-refractivity contribution in [2.75, 3.05) is 39.5 Å². The molecule has 0 spiro atoms. The van der Waals surface area contributed by atoms with Crippen LogP contribution >= 0.6 is 0 Å². The number of likely N-dealkylation sites (tertiary alicyclic amines) is 1. The number of hydrogen-bond donors (Lipinski definition) is 1. The van der Waals surface area contributed by atoms with E-state index in [2.05, 4.69) is 28.3 Å². The fourth-order valence-electron chi connectivity index (χ4n) is 2.93. The second kappa shape index (κ2) is 5.85. The van der Waals surface area contributed by atoms with Crippen molar-refractivity contribution < 1.29 is 4.74 Å². The van der Waals surface area contributed by atoms with Crippen molar-refractivity contribution in [1.82, 2.24) is 9.80 Å². The summed E-state index contributed by atoms with van der Waals surface area (Å²) in [6, 6.07) is 6.33. The van der Waals surface area contributed by atoms with Crippen LogP contribution in [0, 0.1) is 11.3 Å². The number of aliphatic imine (C=N–C) groups is 1. The molecular formula is C16H21N5O. The highest BCUT2D eigenvalue weighted by molar-refractivity contribution is 5.75. The molecule has 1 aromatic carbocycles. The van der Waals surface area contributed by atoms with E-state index in [1.807, 2.05) is 31.1 Å². The molecule has 0 radical (unpaired) electrons. The largest absolute Gasteiger partial charge is 0.485 e. The van der Waals surface area contributed by atoms with Crippen molar-refractivity contribution in [2.24, 2.45) is 4.99 Å². The van der Waals surface area contributed by atoms with Crippen molar-refractivity contribution in [3.05, 3.63) is 17.7 Å². The number of fused-ring (bicyclic) bond motifs is 2. The van der Waals surface area contributed by atoms with Gasteiger partial charge in [0.1, 0.15) is 17.7 Å². The highest BCUT2D eigenvalue weighted by Crippen LogP contribution is 2.40. The zero-order chi connectivity index (χ0) is 15.7. The van der Waals surface area contributed by atoms with Gasteiger partial charge in [0.05, 0.1) is 23.8 Å². The maximum absolute atomic E-state index is 9.52. The third kappa shape index (κ3) is 2.72. The highest BCUT2D eigenvalue weighted by atomic mass is 16.5. The molecule has 2 aliphatic rings. The number of likely N-dealkylation sites (N-methyl/N-ethyl adjacent to an activating group) is 1. The fraction of sp³-hybridized carbons (Fsp3) is 0.500. The molecule has 22 heavy (non-hydrogen) atoms. The zero-order valence-electron chi connectivity index (χ0n) is 13.2. The van der Waals surface area contributed by atoms with Gasteiger partial charge in [-0.1, -0.05) is 0 Å². The predicted molar refractivity (Wildman–Crippen MR) is 86.9 cm³/mol. The number of nitrogens with zero attached hydrogens (tertiary/aromatic N) is 4. The van der Waals surface area contributed by atoms with E-state index in [-0.39, 0.29) is 12.1 Å². The number of anilines is 1. The lowest BCUT2D eigenvalue weighted by molar-refractivity contribution is 0.0924. The summed E-state index contributed by atoms with van der Waals surface area (Å²) < 4.78 is 6.15. The summed E-state index contributed by atoms with van der Waals surface area (Å²) in [5, 5.41) is 13.0. The lowest BCUT2D eigenvalue weighted by Crippen LogP contribution is -2.53. The summed E-state index contributed by atoms with van der Waals surface area (Å²) >= 11 is 0. The Kier molecular flexibility index (Phi) is 3.90. The van der Waals surface area contributed by atoms with E-state index in [4.69, 9.17) is 4.74 Å². The average Bonchev–Trinajstić information content (AvgIpc) is 2.50. The van der Waals surface area contributed by atoms with E-state index in [9.17, 15) is 5.26 Å². The lowest BCUT2D eigenvalue weighted by Gasteiger charge is -2.41. The molecule has 0 aromatic heterocycles. The first-order chi connectivity index (χ1) is 10.6. The molecule has 2 aliphatic heterocycles. The van der Waals surface area contributed by atoms with Crippen LogP contribution in [-0.4, -0.2) is 62.5 Å².